The largest absolute Gasteiger partial charge is 0.454 e. The van der Waals surface area contributed by atoms with E-state index in [-0.39, 0.29) is 18.6 Å². The third-order valence-corrected chi connectivity index (χ3v) is 4.15. The number of aromatic nitrogens is 4. The molecule has 3 rings (SSSR count). The van der Waals surface area contributed by atoms with E-state index in [0.717, 1.165) is 15.9 Å². The summed E-state index contributed by atoms with van der Waals surface area (Å²) >= 11 is 0. The fourth-order valence-electron chi connectivity index (χ4n) is 2.57. The lowest BCUT2D eigenvalue weighted by Gasteiger charge is -2.19. The highest BCUT2D eigenvalue weighted by Gasteiger charge is 2.14. The van der Waals surface area contributed by atoms with Crippen LogP contribution in [-0.2, 0) is 26.3 Å². The highest BCUT2D eigenvalue weighted by Crippen LogP contribution is 2.23. The van der Waals surface area contributed by atoms with Gasteiger partial charge in [-0.2, -0.15) is 4.80 Å². The molecule has 2 aromatic carbocycles. The van der Waals surface area contributed by atoms with E-state index in [1.165, 1.54) is 0 Å². The van der Waals surface area contributed by atoms with Gasteiger partial charge in [0.1, 0.15) is 0 Å². The zero-order valence-electron chi connectivity index (χ0n) is 16.6. The molecule has 0 saturated carbocycles. The van der Waals surface area contributed by atoms with Gasteiger partial charge in [0.05, 0.1) is 0 Å². The lowest BCUT2D eigenvalue weighted by atomic mass is 9.87. The molecule has 0 bridgehead atoms. The molecular formula is C21H23N5O3. The first-order valence-corrected chi connectivity index (χ1v) is 9.20. The Morgan fingerprint density at radius 1 is 1.03 bits per heavy atom. The minimum Gasteiger partial charge on any atom is -0.454 e. The number of carbonyl (C=O) groups is 2. The summed E-state index contributed by atoms with van der Waals surface area (Å²) < 4.78 is 4.99. The predicted octanol–water partition coefficient (Wildman–Crippen LogP) is 2.82. The van der Waals surface area contributed by atoms with Crippen LogP contribution >= 0.6 is 0 Å². The number of rotatable bonds is 6. The Bertz CT molecular complexity index is 976. The minimum absolute atomic E-state index is 0.0356. The molecule has 150 valence electrons. The number of carbonyl (C=O) groups excluding carboxylic acids is 2. The number of nitrogens with zero attached hydrogens (tertiary/aromatic N) is 4. The van der Waals surface area contributed by atoms with Crippen LogP contribution in [0.2, 0.25) is 0 Å². The molecule has 1 heterocycles. The highest BCUT2D eigenvalue weighted by atomic mass is 16.5. The molecule has 8 nitrogen and oxygen atoms in total. The third kappa shape index (κ3) is 5.71. The van der Waals surface area contributed by atoms with E-state index in [0.29, 0.717) is 11.5 Å². The Hall–Kier alpha value is -3.55. The molecule has 0 aliphatic carbocycles. The Kier molecular flexibility index (Phi) is 6.01. The first kappa shape index (κ1) is 20.2. The van der Waals surface area contributed by atoms with Crippen LogP contribution in [-0.4, -0.2) is 38.7 Å². The Morgan fingerprint density at radius 2 is 1.72 bits per heavy atom. The van der Waals surface area contributed by atoms with Crippen molar-refractivity contribution >= 4 is 17.6 Å². The first-order chi connectivity index (χ1) is 13.8. The molecule has 0 aliphatic heterocycles. The number of benzene rings is 2. The summed E-state index contributed by atoms with van der Waals surface area (Å²) in [5.74, 6) is -0.631. The monoisotopic (exact) mass is 393 g/mol. The van der Waals surface area contributed by atoms with Crippen LogP contribution in [0.25, 0.3) is 11.4 Å². The van der Waals surface area contributed by atoms with Crippen LogP contribution in [0, 0.1) is 0 Å². The van der Waals surface area contributed by atoms with Gasteiger partial charge in [-0.3, -0.25) is 4.79 Å². The summed E-state index contributed by atoms with van der Waals surface area (Å²) in [7, 11) is 0. The second-order valence-corrected chi connectivity index (χ2v) is 7.55. The minimum atomic E-state index is -0.625. The fraction of sp³-hybridized carbons (Fsp3) is 0.286. The molecule has 8 heteroatoms. The molecule has 1 N–H and O–H groups in total. The van der Waals surface area contributed by atoms with Crippen LogP contribution in [0.3, 0.4) is 0 Å². The summed E-state index contributed by atoms with van der Waals surface area (Å²) in [6.45, 7) is 5.74. The third-order valence-electron chi connectivity index (χ3n) is 4.15. The van der Waals surface area contributed by atoms with Crippen molar-refractivity contribution < 1.29 is 14.3 Å². The van der Waals surface area contributed by atoms with E-state index in [1.54, 1.807) is 0 Å². The number of hydrogen-bond acceptors (Lipinski definition) is 6. The van der Waals surface area contributed by atoms with Crippen LogP contribution < -0.4 is 5.32 Å². The maximum Gasteiger partial charge on any atom is 0.330 e. The number of hydrogen-bond donors (Lipinski definition) is 1. The second kappa shape index (κ2) is 8.64. The molecule has 0 spiro atoms. The average molecular weight is 393 g/mol. The molecule has 29 heavy (non-hydrogen) atoms. The number of anilines is 1. The summed E-state index contributed by atoms with van der Waals surface area (Å²) in [6, 6.07) is 16.9. The van der Waals surface area contributed by atoms with Crippen molar-refractivity contribution in [2.45, 2.75) is 32.7 Å². The normalized spacial score (nSPS) is 11.1. The number of tetrazole rings is 1. The van der Waals surface area contributed by atoms with Crippen LogP contribution in [0.15, 0.2) is 54.6 Å². The molecular weight excluding hydrogens is 370 g/mol. The topological polar surface area (TPSA) is 99.0 Å². The maximum absolute atomic E-state index is 12.0. The molecule has 0 unspecified atom stereocenters. The smallest absolute Gasteiger partial charge is 0.330 e. The van der Waals surface area contributed by atoms with Gasteiger partial charge in [0.15, 0.2) is 13.2 Å². The van der Waals surface area contributed by atoms with E-state index >= 15 is 0 Å². The van der Waals surface area contributed by atoms with E-state index in [9.17, 15) is 9.59 Å². The zero-order chi connectivity index (χ0) is 20.9. The van der Waals surface area contributed by atoms with Gasteiger partial charge in [-0.05, 0) is 28.3 Å². The number of esters is 1. The molecule has 1 amide bonds. The number of ether oxygens (including phenoxy) is 1. The SMILES string of the molecule is CC(C)(C)c1ccc(NC(=O)COC(=O)Cn2nnc(-c3ccccc3)n2)cc1. The van der Waals surface area contributed by atoms with Gasteiger partial charge in [-0.25, -0.2) is 4.79 Å². The van der Waals surface area contributed by atoms with Gasteiger partial charge < -0.3 is 10.1 Å². The van der Waals surface area contributed by atoms with Crippen molar-refractivity contribution in [3.05, 3.63) is 60.2 Å². The Balaban J connectivity index is 1.47. The fourth-order valence-corrected chi connectivity index (χ4v) is 2.57. The second-order valence-electron chi connectivity index (χ2n) is 7.55. The van der Waals surface area contributed by atoms with Crippen molar-refractivity contribution in [1.29, 1.82) is 0 Å². The van der Waals surface area contributed by atoms with E-state index in [4.69, 9.17) is 4.74 Å². The molecule has 0 aliphatic rings. The van der Waals surface area contributed by atoms with Crippen molar-refractivity contribution in [2.24, 2.45) is 0 Å². The Labute approximate surface area is 168 Å². The highest BCUT2D eigenvalue weighted by molar-refractivity contribution is 5.92. The summed E-state index contributed by atoms with van der Waals surface area (Å²) in [5, 5.41) is 14.6. The van der Waals surface area contributed by atoms with Gasteiger partial charge in [0.2, 0.25) is 5.82 Å². The molecule has 3 aromatic rings. The number of nitrogens with one attached hydrogen (secondary N) is 1. The van der Waals surface area contributed by atoms with Crippen molar-refractivity contribution in [1.82, 2.24) is 20.2 Å². The molecule has 0 fully saturated rings. The van der Waals surface area contributed by atoms with E-state index < -0.39 is 11.9 Å². The van der Waals surface area contributed by atoms with Gasteiger partial charge in [-0.1, -0.05) is 63.2 Å². The van der Waals surface area contributed by atoms with Crippen LogP contribution in [0.1, 0.15) is 26.3 Å². The standard InChI is InChI=1S/C21H23N5O3/c1-21(2,3)16-9-11-17(12-10-16)22-18(27)14-29-19(28)13-26-24-20(23-25-26)15-7-5-4-6-8-15/h4-12H,13-14H2,1-3H3,(H,22,27). The molecule has 0 atom stereocenters. The predicted molar refractivity (Wildman–Crippen MR) is 108 cm³/mol. The van der Waals surface area contributed by atoms with Crippen LogP contribution in [0.4, 0.5) is 5.69 Å². The molecule has 0 radical (unpaired) electrons. The molecule has 0 saturated heterocycles. The number of amides is 1. The van der Waals surface area contributed by atoms with E-state index in [2.05, 4.69) is 41.5 Å². The average Bonchev–Trinajstić information content (AvgIpc) is 3.15. The summed E-state index contributed by atoms with van der Waals surface area (Å²) in [5.41, 5.74) is 2.64. The summed E-state index contributed by atoms with van der Waals surface area (Å²) in [6.07, 6.45) is 0. The van der Waals surface area contributed by atoms with Crippen molar-refractivity contribution in [2.75, 3.05) is 11.9 Å². The van der Waals surface area contributed by atoms with Crippen LogP contribution in [0.5, 0.6) is 0 Å². The zero-order valence-corrected chi connectivity index (χ0v) is 16.6. The first-order valence-electron chi connectivity index (χ1n) is 9.20. The lowest BCUT2D eigenvalue weighted by Crippen LogP contribution is -2.23. The van der Waals surface area contributed by atoms with Gasteiger partial charge in [0.25, 0.3) is 5.91 Å². The van der Waals surface area contributed by atoms with Crippen molar-refractivity contribution in [3.63, 3.8) is 0 Å². The van der Waals surface area contributed by atoms with E-state index in [1.807, 2.05) is 54.6 Å². The molecule has 1 aromatic heterocycles. The maximum atomic E-state index is 12.0. The van der Waals surface area contributed by atoms with Gasteiger partial charge in [-0.15, -0.1) is 10.2 Å². The van der Waals surface area contributed by atoms with Gasteiger partial charge >= 0.3 is 5.97 Å². The summed E-state index contributed by atoms with van der Waals surface area (Å²) in [4.78, 5) is 25.1. The van der Waals surface area contributed by atoms with Crippen molar-refractivity contribution in [3.8, 4) is 11.4 Å². The van der Waals surface area contributed by atoms with Gasteiger partial charge in [0, 0.05) is 11.3 Å². The Morgan fingerprint density at radius 3 is 2.38 bits per heavy atom. The quantitative estimate of drug-likeness (QED) is 0.647. The lowest BCUT2D eigenvalue weighted by molar-refractivity contribution is -0.148.